The van der Waals surface area contributed by atoms with Crippen LogP contribution in [0.3, 0.4) is 0 Å². The molecule has 73 heavy (non-hydrogen) atoms. The van der Waals surface area contributed by atoms with Crippen molar-refractivity contribution in [1.82, 2.24) is 0 Å². The van der Waals surface area contributed by atoms with Gasteiger partial charge in [-0.25, -0.2) is 0 Å². The fourth-order valence-electron chi connectivity index (χ4n) is 8.21. The molecule has 1 atom stereocenters. The Morgan fingerprint density at radius 3 is 1.00 bits per heavy atom. The molecule has 0 aliphatic rings. The maximum absolute atomic E-state index is 12.9. The predicted octanol–water partition coefficient (Wildman–Crippen LogP) is 20.7. The van der Waals surface area contributed by atoms with Crippen molar-refractivity contribution in [2.45, 2.75) is 284 Å². The summed E-state index contributed by atoms with van der Waals surface area (Å²) in [6.45, 7) is 6.45. The van der Waals surface area contributed by atoms with Crippen molar-refractivity contribution in [3.63, 3.8) is 0 Å². The number of hydrogen-bond acceptors (Lipinski definition) is 6. The van der Waals surface area contributed by atoms with E-state index in [0.29, 0.717) is 19.3 Å². The molecule has 0 saturated carbocycles. The number of hydrogen-bond donors (Lipinski definition) is 0. The van der Waals surface area contributed by atoms with Gasteiger partial charge in [0.25, 0.3) is 0 Å². The van der Waals surface area contributed by atoms with Crippen LogP contribution in [0.1, 0.15) is 278 Å². The van der Waals surface area contributed by atoms with Gasteiger partial charge in [0.15, 0.2) is 6.10 Å². The molecule has 0 aromatic heterocycles. The van der Waals surface area contributed by atoms with Crippen LogP contribution in [0.25, 0.3) is 0 Å². The number of ether oxygens (including phenoxy) is 3. The van der Waals surface area contributed by atoms with Crippen molar-refractivity contribution in [1.29, 1.82) is 0 Å². The minimum absolute atomic E-state index is 0.104. The molecule has 0 aromatic carbocycles. The second kappa shape index (κ2) is 60.6. The van der Waals surface area contributed by atoms with E-state index in [1.165, 1.54) is 135 Å². The Kier molecular flexibility index (Phi) is 57.4. The normalized spacial score (nSPS) is 12.9. The Morgan fingerprint density at radius 2 is 0.589 bits per heavy atom. The fourth-order valence-corrected chi connectivity index (χ4v) is 8.21. The standard InChI is InChI=1S/C67H112O6/c1-4-7-10-13-16-19-22-25-28-31-33-36-39-42-45-48-51-54-57-60-66(69)72-63-64(62-71-65(68)59-56-53-50-47-44-41-38-35-30-27-24-21-18-15-12-9-6-3)73-67(70)61-58-55-52-49-46-43-40-37-34-32-29-26-23-20-17-14-11-8-5-2/h7,10,16-17,19-20,23,25-28,30,33,36,38,41,47,50,64H,4-6,8-9,11-15,18,21-22,24,29,31-32,34-35,37,39-40,42-46,48-49,51-63H2,1-3H3/b10-7-,19-16-,20-17-,26-23-,28-25-,30-27-,36-33-,41-38-,50-47-. The zero-order valence-corrected chi connectivity index (χ0v) is 47.6. The molecule has 0 N–H and O–H groups in total. The van der Waals surface area contributed by atoms with Crippen molar-refractivity contribution in [2.24, 2.45) is 0 Å². The predicted molar refractivity (Wildman–Crippen MR) is 316 cm³/mol. The van der Waals surface area contributed by atoms with E-state index < -0.39 is 6.10 Å². The summed E-state index contributed by atoms with van der Waals surface area (Å²) in [5, 5.41) is 0. The largest absolute Gasteiger partial charge is 0.462 e. The summed E-state index contributed by atoms with van der Waals surface area (Å²) in [4.78, 5) is 38.3. The van der Waals surface area contributed by atoms with E-state index in [9.17, 15) is 14.4 Å². The van der Waals surface area contributed by atoms with Crippen LogP contribution in [-0.2, 0) is 28.6 Å². The van der Waals surface area contributed by atoms with Crippen LogP contribution < -0.4 is 0 Å². The van der Waals surface area contributed by atoms with Crippen molar-refractivity contribution in [3.05, 3.63) is 109 Å². The summed E-state index contributed by atoms with van der Waals surface area (Å²) in [5.41, 5.74) is 0. The van der Waals surface area contributed by atoms with Gasteiger partial charge in [0, 0.05) is 19.3 Å². The minimum Gasteiger partial charge on any atom is -0.462 e. The number of carbonyl (C=O) groups is 3. The highest BCUT2D eigenvalue weighted by molar-refractivity contribution is 5.71. The zero-order chi connectivity index (χ0) is 52.9. The van der Waals surface area contributed by atoms with E-state index in [4.69, 9.17) is 14.2 Å². The van der Waals surface area contributed by atoms with Gasteiger partial charge in [-0.15, -0.1) is 0 Å². The Balaban J connectivity index is 4.49. The molecule has 0 aliphatic heterocycles. The molecule has 0 rings (SSSR count). The van der Waals surface area contributed by atoms with Crippen LogP contribution >= 0.6 is 0 Å². The fraction of sp³-hybridized carbons (Fsp3) is 0.687. The maximum atomic E-state index is 12.9. The molecular weight excluding hydrogens is 901 g/mol. The molecule has 0 radical (unpaired) electrons. The molecule has 0 spiro atoms. The number of rotatable bonds is 54. The Hall–Kier alpha value is -3.93. The lowest BCUT2D eigenvalue weighted by Crippen LogP contribution is -2.30. The lowest BCUT2D eigenvalue weighted by Gasteiger charge is -2.18. The van der Waals surface area contributed by atoms with Crippen molar-refractivity contribution in [2.75, 3.05) is 13.2 Å². The van der Waals surface area contributed by atoms with Gasteiger partial charge in [-0.05, 0) is 116 Å². The van der Waals surface area contributed by atoms with Gasteiger partial charge in [0.1, 0.15) is 13.2 Å². The average molecular weight is 1010 g/mol. The molecular formula is C67H112O6. The van der Waals surface area contributed by atoms with E-state index in [1.807, 2.05) is 0 Å². The maximum Gasteiger partial charge on any atom is 0.306 e. The summed E-state index contributed by atoms with van der Waals surface area (Å²) in [7, 11) is 0. The SMILES string of the molecule is CC/C=C\C/C=C\C/C=C\C/C=C\CCCCCCCCC(=O)OCC(COC(=O)CCC/C=C\C/C=C\C/C=C\CCCCCCCC)OC(=O)CCCCCCCCCCCC/C=C\C=C/CCCCC. The van der Waals surface area contributed by atoms with Crippen LogP contribution in [0, 0.1) is 0 Å². The minimum atomic E-state index is -0.809. The van der Waals surface area contributed by atoms with Gasteiger partial charge < -0.3 is 14.2 Å². The van der Waals surface area contributed by atoms with Gasteiger partial charge >= 0.3 is 17.9 Å². The van der Waals surface area contributed by atoms with Crippen LogP contribution in [0.4, 0.5) is 0 Å². The molecule has 0 fully saturated rings. The Bertz CT molecular complexity index is 1490. The third-order valence-electron chi connectivity index (χ3n) is 12.8. The highest BCUT2D eigenvalue weighted by Gasteiger charge is 2.19. The monoisotopic (exact) mass is 1010 g/mol. The Morgan fingerprint density at radius 1 is 0.301 bits per heavy atom. The lowest BCUT2D eigenvalue weighted by molar-refractivity contribution is -0.167. The molecule has 0 saturated heterocycles. The third-order valence-corrected chi connectivity index (χ3v) is 12.8. The number of allylic oxidation sites excluding steroid dienone is 18. The summed E-state index contributed by atoms with van der Waals surface area (Å²) in [6, 6.07) is 0. The van der Waals surface area contributed by atoms with Crippen molar-refractivity contribution in [3.8, 4) is 0 Å². The Labute approximate surface area is 450 Å². The van der Waals surface area contributed by atoms with Gasteiger partial charge in [-0.1, -0.05) is 252 Å². The second-order valence-corrected chi connectivity index (χ2v) is 19.9. The summed E-state index contributed by atoms with van der Waals surface area (Å²) >= 11 is 0. The van der Waals surface area contributed by atoms with Crippen LogP contribution in [0.2, 0.25) is 0 Å². The summed E-state index contributed by atoms with van der Waals surface area (Å²) in [6.07, 6.45) is 82.3. The third kappa shape index (κ3) is 58.8. The van der Waals surface area contributed by atoms with E-state index in [1.54, 1.807) is 0 Å². The smallest absolute Gasteiger partial charge is 0.306 e. The molecule has 6 nitrogen and oxygen atoms in total. The van der Waals surface area contributed by atoms with Gasteiger partial charge in [0.05, 0.1) is 0 Å². The van der Waals surface area contributed by atoms with E-state index >= 15 is 0 Å². The first-order chi connectivity index (χ1) is 36.0. The molecule has 0 amide bonds. The molecule has 0 bridgehead atoms. The molecule has 0 aromatic rings. The molecule has 0 heterocycles. The van der Waals surface area contributed by atoms with E-state index in [2.05, 4.69) is 130 Å². The van der Waals surface area contributed by atoms with Gasteiger partial charge in [-0.2, -0.15) is 0 Å². The van der Waals surface area contributed by atoms with Crippen LogP contribution in [0.15, 0.2) is 109 Å². The highest BCUT2D eigenvalue weighted by Crippen LogP contribution is 2.15. The number of carbonyl (C=O) groups excluding carboxylic acids is 3. The molecule has 0 aliphatic carbocycles. The van der Waals surface area contributed by atoms with E-state index in [0.717, 1.165) is 96.3 Å². The first-order valence-corrected chi connectivity index (χ1v) is 30.4. The lowest BCUT2D eigenvalue weighted by atomic mass is 10.1. The topological polar surface area (TPSA) is 78.9 Å². The van der Waals surface area contributed by atoms with Crippen LogP contribution in [0.5, 0.6) is 0 Å². The first kappa shape index (κ1) is 69.1. The first-order valence-electron chi connectivity index (χ1n) is 30.4. The second-order valence-electron chi connectivity index (χ2n) is 19.9. The van der Waals surface area contributed by atoms with Crippen molar-refractivity contribution >= 4 is 17.9 Å². The van der Waals surface area contributed by atoms with Crippen molar-refractivity contribution < 1.29 is 28.6 Å². The zero-order valence-electron chi connectivity index (χ0n) is 47.6. The van der Waals surface area contributed by atoms with E-state index in [-0.39, 0.29) is 37.5 Å². The molecule has 6 heteroatoms. The average Bonchev–Trinajstić information content (AvgIpc) is 3.39. The number of unbranched alkanes of at least 4 members (excludes halogenated alkanes) is 26. The quantitative estimate of drug-likeness (QED) is 0.0199. The van der Waals surface area contributed by atoms with Crippen LogP contribution in [-0.4, -0.2) is 37.2 Å². The number of esters is 3. The summed E-state index contributed by atoms with van der Waals surface area (Å²) < 4.78 is 16.9. The molecule has 416 valence electrons. The summed E-state index contributed by atoms with van der Waals surface area (Å²) in [5.74, 6) is -0.970. The molecule has 1 unspecified atom stereocenters. The van der Waals surface area contributed by atoms with Gasteiger partial charge in [-0.3, -0.25) is 14.4 Å². The van der Waals surface area contributed by atoms with Gasteiger partial charge in [0.2, 0.25) is 0 Å². The highest BCUT2D eigenvalue weighted by atomic mass is 16.6.